The van der Waals surface area contributed by atoms with E-state index in [2.05, 4.69) is 9.97 Å². The van der Waals surface area contributed by atoms with Crippen LogP contribution in [0, 0.1) is 23.5 Å². The highest BCUT2D eigenvalue weighted by Crippen LogP contribution is 2.27. The van der Waals surface area contributed by atoms with E-state index < -0.39 is 29.2 Å². The monoisotopic (exact) mass is 315 g/mol. The number of rotatable bonds is 2. The Bertz CT molecular complexity index is 668. The summed E-state index contributed by atoms with van der Waals surface area (Å²) in [4.78, 5) is 9.96. The summed E-state index contributed by atoms with van der Waals surface area (Å²) in [5.41, 5.74) is -0.704. The highest BCUT2D eigenvalue weighted by Gasteiger charge is 2.28. The van der Waals surface area contributed by atoms with Crippen molar-refractivity contribution in [3.63, 3.8) is 0 Å². The number of nitrogens with zero attached hydrogens (tertiary/aromatic N) is 5. The van der Waals surface area contributed by atoms with Crippen LogP contribution >= 0.6 is 0 Å². The maximum atomic E-state index is 13.7. The Morgan fingerprint density at radius 3 is 1.95 bits per heavy atom. The van der Waals surface area contributed by atoms with Crippen molar-refractivity contribution >= 4 is 11.6 Å². The summed E-state index contributed by atoms with van der Waals surface area (Å²) in [6.45, 7) is 1.28. The lowest BCUT2D eigenvalue weighted by atomic mass is 10.2. The van der Waals surface area contributed by atoms with Crippen LogP contribution < -0.4 is 9.80 Å². The third-order valence-corrected chi connectivity index (χ3v) is 3.65. The lowest BCUT2D eigenvalue weighted by Gasteiger charge is -2.36. The van der Waals surface area contributed by atoms with Gasteiger partial charge in [-0.05, 0) is 0 Å². The molecule has 0 bridgehead atoms. The van der Waals surface area contributed by atoms with E-state index in [1.165, 1.54) is 4.90 Å². The van der Waals surface area contributed by atoms with Gasteiger partial charge in [-0.2, -0.15) is 22.5 Å². The van der Waals surface area contributed by atoms with Crippen LogP contribution in [-0.2, 0) is 7.05 Å². The molecule has 22 heavy (non-hydrogen) atoms. The standard InChI is InChI=1S/C13H13F4N5/c1-20-3-2-18-13(20)22-6-4-21(5-7-22)10-8(14)11(16)19-12(17)9(10)15/h2-3H,4-7H2,1H3. The number of imidazole rings is 1. The van der Waals surface area contributed by atoms with Crippen molar-refractivity contribution in [2.24, 2.45) is 7.05 Å². The van der Waals surface area contributed by atoms with Crippen molar-refractivity contribution in [2.45, 2.75) is 0 Å². The van der Waals surface area contributed by atoms with Gasteiger partial charge in [-0.3, -0.25) is 0 Å². The van der Waals surface area contributed by atoms with Crippen LogP contribution in [0.5, 0.6) is 0 Å². The molecular formula is C13H13F4N5. The first-order valence-corrected chi connectivity index (χ1v) is 6.66. The molecule has 1 aliphatic rings. The Balaban J connectivity index is 1.82. The van der Waals surface area contributed by atoms with Gasteiger partial charge in [-0.15, -0.1) is 0 Å². The summed E-state index contributed by atoms with van der Waals surface area (Å²) in [6, 6.07) is 0. The van der Waals surface area contributed by atoms with Crippen molar-refractivity contribution < 1.29 is 17.6 Å². The molecule has 3 heterocycles. The van der Waals surface area contributed by atoms with Gasteiger partial charge in [0.05, 0.1) is 0 Å². The van der Waals surface area contributed by atoms with Crippen LogP contribution in [0.15, 0.2) is 12.4 Å². The van der Waals surface area contributed by atoms with Gasteiger partial charge in [0.2, 0.25) is 17.6 Å². The van der Waals surface area contributed by atoms with Gasteiger partial charge in [0.1, 0.15) is 5.69 Å². The number of anilines is 2. The maximum absolute atomic E-state index is 13.7. The molecule has 2 aromatic heterocycles. The molecule has 2 aromatic rings. The smallest absolute Gasteiger partial charge is 0.253 e. The van der Waals surface area contributed by atoms with Gasteiger partial charge in [-0.25, -0.2) is 4.98 Å². The molecule has 3 rings (SSSR count). The Kier molecular flexibility index (Phi) is 3.63. The third kappa shape index (κ3) is 2.36. The molecule has 0 unspecified atom stereocenters. The lowest BCUT2D eigenvalue weighted by Crippen LogP contribution is -2.48. The maximum Gasteiger partial charge on any atom is 0.253 e. The number of piperazine rings is 1. The van der Waals surface area contributed by atoms with Gasteiger partial charge in [0.15, 0.2) is 0 Å². The summed E-state index contributed by atoms with van der Waals surface area (Å²) < 4.78 is 55.7. The third-order valence-electron chi connectivity index (χ3n) is 3.65. The van der Waals surface area contributed by atoms with Gasteiger partial charge in [0.25, 0.3) is 11.9 Å². The van der Waals surface area contributed by atoms with Gasteiger partial charge < -0.3 is 14.4 Å². The number of halogens is 4. The van der Waals surface area contributed by atoms with Crippen LogP contribution in [0.3, 0.4) is 0 Å². The van der Waals surface area contributed by atoms with Gasteiger partial charge >= 0.3 is 0 Å². The Morgan fingerprint density at radius 1 is 0.909 bits per heavy atom. The van der Waals surface area contributed by atoms with Gasteiger partial charge in [0, 0.05) is 45.6 Å². The zero-order valence-corrected chi connectivity index (χ0v) is 11.7. The number of hydrogen-bond acceptors (Lipinski definition) is 4. The fraction of sp³-hybridized carbons (Fsp3) is 0.385. The molecule has 5 nitrogen and oxygen atoms in total. The molecule has 1 saturated heterocycles. The van der Waals surface area contributed by atoms with Gasteiger partial charge in [-0.1, -0.05) is 0 Å². The van der Waals surface area contributed by atoms with E-state index in [-0.39, 0.29) is 13.1 Å². The van der Waals surface area contributed by atoms with E-state index in [1.807, 2.05) is 16.5 Å². The first-order chi connectivity index (χ1) is 10.5. The average molecular weight is 315 g/mol. The molecule has 0 radical (unpaired) electrons. The average Bonchev–Trinajstić information content (AvgIpc) is 2.92. The molecule has 0 saturated carbocycles. The van der Waals surface area contributed by atoms with Crippen molar-refractivity contribution in [3.8, 4) is 0 Å². The largest absolute Gasteiger partial charge is 0.363 e. The first-order valence-electron chi connectivity index (χ1n) is 6.66. The van der Waals surface area contributed by atoms with E-state index in [0.29, 0.717) is 13.1 Å². The molecule has 1 fully saturated rings. The molecule has 0 atom stereocenters. The summed E-state index contributed by atoms with van der Waals surface area (Å²) in [6.07, 6.45) is 3.43. The lowest BCUT2D eigenvalue weighted by molar-refractivity contribution is 0.404. The van der Waals surface area contributed by atoms with E-state index in [9.17, 15) is 17.6 Å². The highest BCUT2D eigenvalue weighted by molar-refractivity contribution is 5.50. The Morgan fingerprint density at radius 2 is 1.45 bits per heavy atom. The molecule has 0 amide bonds. The molecule has 0 aliphatic carbocycles. The summed E-state index contributed by atoms with van der Waals surface area (Å²) in [5.74, 6) is -5.48. The summed E-state index contributed by atoms with van der Waals surface area (Å²) in [7, 11) is 1.83. The zero-order chi connectivity index (χ0) is 15.9. The molecule has 0 N–H and O–H groups in total. The molecule has 118 valence electrons. The second-order valence-corrected chi connectivity index (χ2v) is 4.98. The van der Waals surface area contributed by atoms with Crippen LogP contribution in [-0.4, -0.2) is 40.7 Å². The normalized spacial score (nSPS) is 15.5. The van der Waals surface area contributed by atoms with Crippen LogP contribution in [0.2, 0.25) is 0 Å². The van der Waals surface area contributed by atoms with Crippen molar-refractivity contribution in [1.82, 2.24) is 14.5 Å². The van der Waals surface area contributed by atoms with Crippen molar-refractivity contribution in [2.75, 3.05) is 36.0 Å². The van der Waals surface area contributed by atoms with Crippen molar-refractivity contribution in [3.05, 3.63) is 35.9 Å². The Labute approximate surface area is 123 Å². The van der Waals surface area contributed by atoms with E-state index in [4.69, 9.17) is 0 Å². The van der Waals surface area contributed by atoms with E-state index in [1.54, 1.807) is 12.4 Å². The quantitative estimate of drug-likeness (QED) is 0.624. The number of hydrogen-bond donors (Lipinski definition) is 0. The van der Waals surface area contributed by atoms with Crippen molar-refractivity contribution in [1.29, 1.82) is 0 Å². The van der Waals surface area contributed by atoms with Crippen LogP contribution in [0.1, 0.15) is 0 Å². The van der Waals surface area contributed by atoms with Crippen LogP contribution in [0.25, 0.3) is 0 Å². The Hall–Kier alpha value is -2.32. The molecule has 0 aromatic carbocycles. The number of pyridine rings is 1. The minimum Gasteiger partial charge on any atom is -0.363 e. The van der Waals surface area contributed by atoms with E-state index >= 15 is 0 Å². The predicted octanol–water partition coefficient (Wildman–Crippen LogP) is 1.70. The fourth-order valence-corrected chi connectivity index (χ4v) is 2.55. The molecular weight excluding hydrogens is 302 g/mol. The SMILES string of the molecule is Cn1ccnc1N1CCN(c2c(F)c(F)nc(F)c2F)CC1. The molecule has 1 aliphatic heterocycles. The first kappa shape index (κ1) is 14.6. The second kappa shape index (κ2) is 5.47. The predicted molar refractivity (Wildman–Crippen MR) is 71.7 cm³/mol. The fourth-order valence-electron chi connectivity index (χ4n) is 2.55. The highest BCUT2D eigenvalue weighted by atomic mass is 19.2. The van der Waals surface area contributed by atoms with E-state index in [0.717, 1.165) is 5.95 Å². The molecule has 0 spiro atoms. The summed E-state index contributed by atoms with van der Waals surface area (Å²) in [5, 5.41) is 0. The minimum absolute atomic E-state index is 0.212. The number of aromatic nitrogens is 3. The topological polar surface area (TPSA) is 37.2 Å². The minimum atomic E-state index is -1.64. The molecule has 9 heteroatoms. The number of aryl methyl sites for hydroxylation is 1. The summed E-state index contributed by atoms with van der Waals surface area (Å²) >= 11 is 0. The van der Waals surface area contributed by atoms with Crippen LogP contribution in [0.4, 0.5) is 29.2 Å². The second-order valence-electron chi connectivity index (χ2n) is 4.98. The zero-order valence-electron chi connectivity index (χ0n) is 11.7.